The van der Waals surface area contributed by atoms with Gasteiger partial charge < -0.3 is 20.1 Å². The van der Waals surface area contributed by atoms with Gasteiger partial charge in [0, 0.05) is 25.0 Å². The molecule has 5 heteroatoms. The standard InChI is InChI=1S/C16H24N2O3/c1-4-11(2)18-16(19)7-8-17-12(3)13-5-6-14-15(9-13)21-10-20-14/h5-6,9,11-12,17H,4,7-8,10H2,1-3H3,(H,18,19). The van der Waals surface area contributed by atoms with Crippen LogP contribution in [0.4, 0.5) is 0 Å². The zero-order valence-electron chi connectivity index (χ0n) is 12.9. The van der Waals surface area contributed by atoms with Gasteiger partial charge in [0.15, 0.2) is 11.5 Å². The van der Waals surface area contributed by atoms with Gasteiger partial charge in [0.25, 0.3) is 0 Å². The maximum Gasteiger partial charge on any atom is 0.231 e. The Labute approximate surface area is 126 Å². The van der Waals surface area contributed by atoms with E-state index in [4.69, 9.17) is 9.47 Å². The maximum absolute atomic E-state index is 11.7. The first-order valence-corrected chi connectivity index (χ1v) is 7.52. The van der Waals surface area contributed by atoms with E-state index in [1.807, 2.05) is 25.1 Å². The molecule has 0 radical (unpaired) electrons. The summed E-state index contributed by atoms with van der Waals surface area (Å²) in [6, 6.07) is 6.33. The smallest absolute Gasteiger partial charge is 0.231 e. The van der Waals surface area contributed by atoms with Crippen LogP contribution in [0.2, 0.25) is 0 Å². The molecule has 2 rings (SSSR count). The van der Waals surface area contributed by atoms with E-state index in [1.165, 1.54) is 0 Å². The van der Waals surface area contributed by atoms with Crippen LogP contribution in [0, 0.1) is 0 Å². The number of benzene rings is 1. The van der Waals surface area contributed by atoms with Gasteiger partial charge in [0.05, 0.1) is 0 Å². The molecule has 116 valence electrons. The zero-order chi connectivity index (χ0) is 15.2. The summed E-state index contributed by atoms with van der Waals surface area (Å²) in [6.45, 7) is 7.09. The Kier molecular flexibility index (Phi) is 5.44. The lowest BCUT2D eigenvalue weighted by molar-refractivity contribution is -0.121. The fourth-order valence-electron chi connectivity index (χ4n) is 2.15. The molecule has 0 fully saturated rings. The van der Waals surface area contributed by atoms with E-state index in [-0.39, 0.29) is 24.8 Å². The Morgan fingerprint density at radius 1 is 1.29 bits per heavy atom. The highest BCUT2D eigenvalue weighted by Crippen LogP contribution is 2.34. The number of nitrogens with one attached hydrogen (secondary N) is 2. The highest BCUT2D eigenvalue weighted by Gasteiger charge is 2.15. The molecule has 1 aliphatic heterocycles. The third-order valence-electron chi connectivity index (χ3n) is 3.72. The third-order valence-corrected chi connectivity index (χ3v) is 3.72. The largest absolute Gasteiger partial charge is 0.454 e. The first-order valence-electron chi connectivity index (χ1n) is 7.52. The number of ether oxygens (including phenoxy) is 2. The average molecular weight is 292 g/mol. The molecule has 2 atom stereocenters. The lowest BCUT2D eigenvalue weighted by Gasteiger charge is -2.15. The SMILES string of the molecule is CCC(C)NC(=O)CCNC(C)c1ccc2c(c1)OCO2. The van der Waals surface area contributed by atoms with Crippen molar-refractivity contribution >= 4 is 5.91 Å². The van der Waals surface area contributed by atoms with Crippen LogP contribution in [0.3, 0.4) is 0 Å². The van der Waals surface area contributed by atoms with Crippen molar-refractivity contribution in [1.82, 2.24) is 10.6 Å². The topological polar surface area (TPSA) is 59.6 Å². The van der Waals surface area contributed by atoms with Crippen molar-refractivity contribution in [3.63, 3.8) is 0 Å². The van der Waals surface area contributed by atoms with Crippen LogP contribution in [-0.2, 0) is 4.79 Å². The summed E-state index contributed by atoms with van der Waals surface area (Å²) in [5, 5.41) is 6.32. The molecule has 0 bridgehead atoms. The minimum Gasteiger partial charge on any atom is -0.454 e. The van der Waals surface area contributed by atoms with E-state index in [0.717, 1.165) is 23.5 Å². The van der Waals surface area contributed by atoms with Gasteiger partial charge in [0.1, 0.15) is 0 Å². The summed E-state index contributed by atoms with van der Waals surface area (Å²) in [5.74, 6) is 1.67. The van der Waals surface area contributed by atoms with Crippen LogP contribution in [-0.4, -0.2) is 25.3 Å². The molecule has 0 saturated heterocycles. The van der Waals surface area contributed by atoms with E-state index in [0.29, 0.717) is 13.0 Å². The second-order valence-corrected chi connectivity index (χ2v) is 5.42. The predicted molar refractivity (Wildman–Crippen MR) is 81.5 cm³/mol. The Hall–Kier alpha value is -1.75. The number of hydrogen-bond donors (Lipinski definition) is 2. The summed E-state index contributed by atoms with van der Waals surface area (Å²) in [6.07, 6.45) is 1.44. The Bertz CT molecular complexity index is 490. The molecular weight excluding hydrogens is 268 g/mol. The second kappa shape index (κ2) is 7.31. The molecule has 1 aliphatic rings. The summed E-state index contributed by atoms with van der Waals surface area (Å²) < 4.78 is 10.7. The van der Waals surface area contributed by atoms with Crippen molar-refractivity contribution in [1.29, 1.82) is 0 Å². The molecule has 0 saturated carbocycles. The number of carbonyl (C=O) groups is 1. The van der Waals surface area contributed by atoms with Crippen molar-refractivity contribution in [2.75, 3.05) is 13.3 Å². The second-order valence-electron chi connectivity index (χ2n) is 5.42. The van der Waals surface area contributed by atoms with Gasteiger partial charge in [-0.15, -0.1) is 0 Å². The highest BCUT2D eigenvalue weighted by molar-refractivity contribution is 5.76. The van der Waals surface area contributed by atoms with Crippen LogP contribution in [0.5, 0.6) is 11.5 Å². The van der Waals surface area contributed by atoms with Gasteiger partial charge in [0.2, 0.25) is 12.7 Å². The molecular formula is C16H24N2O3. The lowest BCUT2D eigenvalue weighted by Crippen LogP contribution is -2.34. The van der Waals surface area contributed by atoms with Gasteiger partial charge in [-0.2, -0.15) is 0 Å². The predicted octanol–water partition coefficient (Wildman–Crippen LogP) is 2.37. The van der Waals surface area contributed by atoms with E-state index in [2.05, 4.69) is 24.5 Å². The molecule has 0 spiro atoms. The van der Waals surface area contributed by atoms with Crippen LogP contribution in [0.1, 0.15) is 45.2 Å². The number of amides is 1. The van der Waals surface area contributed by atoms with Crippen molar-refractivity contribution in [2.45, 2.75) is 45.7 Å². The minimum absolute atomic E-state index is 0.0923. The molecule has 2 N–H and O–H groups in total. The van der Waals surface area contributed by atoms with Crippen molar-refractivity contribution < 1.29 is 14.3 Å². The van der Waals surface area contributed by atoms with Crippen LogP contribution >= 0.6 is 0 Å². The van der Waals surface area contributed by atoms with E-state index < -0.39 is 0 Å². The first kappa shape index (κ1) is 15.6. The monoisotopic (exact) mass is 292 g/mol. The summed E-state index contributed by atoms with van der Waals surface area (Å²) in [4.78, 5) is 11.7. The molecule has 1 aromatic carbocycles. The van der Waals surface area contributed by atoms with Crippen LogP contribution in [0.15, 0.2) is 18.2 Å². The van der Waals surface area contributed by atoms with Crippen LogP contribution < -0.4 is 20.1 Å². The molecule has 1 aromatic rings. The minimum atomic E-state index is 0.0923. The third kappa shape index (κ3) is 4.36. The number of rotatable bonds is 7. The lowest BCUT2D eigenvalue weighted by atomic mass is 10.1. The Morgan fingerprint density at radius 2 is 2.05 bits per heavy atom. The molecule has 1 heterocycles. The zero-order valence-corrected chi connectivity index (χ0v) is 12.9. The van der Waals surface area contributed by atoms with E-state index in [9.17, 15) is 4.79 Å². The van der Waals surface area contributed by atoms with Crippen molar-refractivity contribution in [3.8, 4) is 11.5 Å². The number of carbonyl (C=O) groups excluding carboxylic acids is 1. The fourth-order valence-corrected chi connectivity index (χ4v) is 2.15. The van der Waals surface area contributed by atoms with Crippen LogP contribution in [0.25, 0.3) is 0 Å². The summed E-state index contributed by atoms with van der Waals surface area (Å²) in [7, 11) is 0. The Balaban J connectivity index is 1.77. The first-order chi connectivity index (χ1) is 10.1. The molecule has 0 aliphatic carbocycles. The van der Waals surface area contributed by atoms with Crippen molar-refractivity contribution in [2.24, 2.45) is 0 Å². The number of fused-ring (bicyclic) bond motifs is 1. The maximum atomic E-state index is 11.7. The quantitative estimate of drug-likeness (QED) is 0.810. The van der Waals surface area contributed by atoms with Crippen molar-refractivity contribution in [3.05, 3.63) is 23.8 Å². The van der Waals surface area contributed by atoms with Gasteiger partial charge >= 0.3 is 0 Å². The molecule has 0 aromatic heterocycles. The van der Waals surface area contributed by atoms with Gasteiger partial charge in [-0.1, -0.05) is 13.0 Å². The molecule has 2 unspecified atom stereocenters. The summed E-state index contributed by atoms with van der Waals surface area (Å²) in [5.41, 5.74) is 1.13. The summed E-state index contributed by atoms with van der Waals surface area (Å²) >= 11 is 0. The molecule has 21 heavy (non-hydrogen) atoms. The van der Waals surface area contributed by atoms with E-state index >= 15 is 0 Å². The van der Waals surface area contributed by atoms with Gasteiger partial charge in [-0.3, -0.25) is 4.79 Å². The van der Waals surface area contributed by atoms with Gasteiger partial charge in [-0.25, -0.2) is 0 Å². The average Bonchev–Trinajstić information content (AvgIpc) is 2.94. The van der Waals surface area contributed by atoms with E-state index in [1.54, 1.807) is 0 Å². The highest BCUT2D eigenvalue weighted by atomic mass is 16.7. The number of hydrogen-bond acceptors (Lipinski definition) is 4. The fraction of sp³-hybridized carbons (Fsp3) is 0.562. The Morgan fingerprint density at radius 3 is 2.81 bits per heavy atom. The van der Waals surface area contributed by atoms with Gasteiger partial charge in [-0.05, 0) is 38.0 Å². The molecule has 5 nitrogen and oxygen atoms in total. The molecule has 1 amide bonds. The normalized spacial score (nSPS) is 15.6.